The zero-order valence-electron chi connectivity index (χ0n) is 10.6. The number of hydrogen-bond donors (Lipinski definition) is 3. The van der Waals surface area contributed by atoms with Gasteiger partial charge in [-0.05, 0) is 25.1 Å². The topological polar surface area (TPSA) is 87.7 Å². The monoisotopic (exact) mass is 264 g/mol. The minimum absolute atomic E-state index is 0.0262. The van der Waals surface area contributed by atoms with E-state index in [4.69, 9.17) is 4.74 Å². The average molecular weight is 264 g/mol. The molecule has 2 amide bonds. The smallest absolute Gasteiger partial charge is 0.269 e. The number of hydrogen-bond acceptors (Lipinski definition) is 4. The molecule has 102 valence electrons. The van der Waals surface area contributed by atoms with E-state index in [0.29, 0.717) is 0 Å². The molecule has 1 unspecified atom stereocenters. The van der Waals surface area contributed by atoms with Gasteiger partial charge >= 0.3 is 0 Å². The number of phenols is 1. The number of nitrogens with one attached hydrogen (secondary N) is 2. The lowest BCUT2D eigenvalue weighted by Crippen LogP contribution is -2.46. The van der Waals surface area contributed by atoms with Crippen molar-refractivity contribution in [3.8, 4) is 5.75 Å². The molecule has 1 aromatic carbocycles. The van der Waals surface area contributed by atoms with Gasteiger partial charge in [-0.1, -0.05) is 12.1 Å². The Morgan fingerprint density at radius 3 is 2.84 bits per heavy atom. The molecule has 0 fully saturated rings. The summed E-state index contributed by atoms with van der Waals surface area (Å²) in [4.78, 5) is 23.2. The molecule has 0 aromatic heterocycles. The van der Waals surface area contributed by atoms with Gasteiger partial charge in [-0.15, -0.1) is 6.58 Å². The highest BCUT2D eigenvalue weighted by molar-refractivity contribution is 5.96. The fourth-order valence-corrected chi connectivity index (χ4v) is 1.23. The van der Waals surface area contributed by atoms with E-state index in [1.54, 1.807) is 6.92 Å². The van der Waals surface area contributed by atoms with Gasteiger partial charge in [0.15, 0.2) is 0 Å². The number of phenolic OH excluding ortho intramolecular Hbond substituents is 1. The Hall–Kier alpha value is -2.34. The zero-order valence-corrected chi connectivity index (χ0v) is 10.6. The maximum absolute atomic E-state index is 11.6. The van der Waals surface area contributed by atoms with Crippen LogP contribution in [0.25, 0.3) is 0 Å². The summed E-state index contributed by atoms with van der Waals surface area (Å²) < 4.78 is 5.09. The molecule has 6 nitrogen and oxygen atoms in total. The Kier molecular flexibility index (Phi) is 5.56. The number of carbonyl (C=O) groups is 2. The number of benzene rings is 1. The van der Waals surface area contributed by atoms with Gasteiger partial charge in [0.25, 0.3) is 11.8 Å². The van der Waals surface area contributed by atoms with E-state index < -0.39 is 17.9 Å². The van der Waals surface area contributed by atoms with E-state index in [9.17, 15) is 14.7 Å². The van der Waals surface area contributed by atoms with Crippen LogP contribution in [0.2, 0.25) is 0 Å². The van der Waals surface area contributed by atoms with E-state index in [1.807, 2.05) is 0 Å². The van der Waals surface area contributed by atoms with Crippen molar-refractivity contribution in [3.63, 3.8) is 0 Å². The molecule has 0 aliphatic carbocycles. The summed E-state index contributed by atoms with van der Waals surface area (Å²) in [5.41, 5.74) is 4.69. The highest BCUT2D eigenvalue weighted by Gasteiger charge is 2.14. The minimum Gasteiger partial charge on any atom is -0.508 e. The molecule has 0 radical (unpaired) electrons. The molecule has 0 heterocycles. The lowest BCUT2D eigenvalue weighted by Gasteiger charge is -2.12. The third-order valence-electron chi connectivity index (χ3n) is 2.24. The van der Waals surface area contributed by atoms with Crippen LogP contribution in [0.1, 0.15) is 17.3 Å². The van der Waals surface area contributed by atoms with Crippen molar-refractivity contribution < 1.29 is 19.4 Å². The number of amides is 2. The SMILES string of the molecule is C=CCOC(C)C(=O)NNC(=O)c1cccc(O)c1. The Labute approximate surface area is 111 Å². The number of hydrazine groups is 1. The van der Waals surface area contributed by atoms with E-state index in [2.05, 4.69) is 17.4 Å². The van der Waals surface area contributed by atoms with Crippen LogP contribution in [0, 0.1) is 0 Å². The summed E-state index contributed by atoms with van der Waals surface area (Å²) in [6.07, 6.45) is 0.817. The normalized spacial score (nSPS) is 11.4. The maximum atomic E-state index is 11.6. The third-order valence-corrected chi connectivity index (χ3v) is 2.24. The van der Waals surface area contributed by atoms with Crippen molar-refractivity contribution in [1.82, 2.24) is 10.9 Å². The Morgan fingerprint density at radius 1 is 1.47 bits per heavy atom. The van der Waals surface area contributed by atoms with Crippen LogP contribution >= 0.6 is 0 Å². The molecule has 6 heteroatoms. The Bertz CT molecular complexity index is 473. The van der Waals surface area contributed by atoms with Crippen molar-refractivity contribution in [2.75, 3.05) is 6.61 Å². The largest absolute Gasteiger partial charge is 0.508 e. The molecule has 0 saturated carbocycles. The summed E-state index contributed by atoms with van der Waals surface area (Å²) in [6, 6.07) is 5.78. The molecule has 1 rings (SSSR count). The van der Waals surface area contributed by atoms with E-state index in [1.165, 1.54) is 30.3 Å². The Balaban J connectivity index is 2.46. The van der Waals surface area contributed by atoms with Gasteiger partial charge in [0.2, 0.25) is 0 Å². The van der Waals surface area contributed by atoms with E-state index in [0.717, 1.165) is 0 Å². The molecule has 3 N–H and O–H groups in total. The number of rotatable bonds is 5. The van der Waals surface area contributed by atoms with Crippen LogP contribution in [0.5, 0.6) is 5.75 Å². The van der Waals surface area contributed by atoms with Gasteiger partial charge in [0.1, 0.15) is 11.9 Å². The number of carbonyl (C=O) groups excluding carboxylic acids is 2. The van der Waals surface area contributed by atoms with Crippen molar-refractivity contribution in [2.24, 2.45) is 0 Å². The van der Waals surface area contributed by atoms with Gasteiger partial charge in [-0.3, -0.25) is 20.4 Å². The first-order valence-corrected chi connectivity index (χ1v) is 5.66. The molecule has 0 aliphatic heterocycles. The second kappa shape index (κ2) is 7.17. The fraction of sp³-hybridized carbons (Fsp3) is 0.231. The second-order valence-corrected chi connectivity index (χ2v) is 3.76. The summed E-state index contributed by atoms with van der Waals surface area (Å²) in [6.45, 7) is 5.26. The lowest BCUT2D eigenvalue weighted by molar-refractivity contribution is -0.131. The van der Waals surface area contributed by atoms with Crippen LogP contribution < -0.4 is 10.9 Å². The molecular weight excluding hydrogens is 248 g/mol. The molecule has 1 atom stereocenters. The highest BCUT2D eigenvalue weighted by atomic mass is 16.5. The van der Waals surface area contributed by atoms with Crippen LogP contribution in [0.3, 0.4) is 0 Å². The number of ether oxygens (including phenoxy) is 1. The maximum Gasteiger partial charge on any atom is 0.269 e. The van der Waals surface area contributed by atoms with Gasteiger partial charge in [0.05, 0.1) is 6.61 Å². The lowest BCUT2D eigenvalue weighted by atomic mass is 10.2. The fourth-order valence-electron chi connectivity index (χ4n) is 1.23. The first-order valence-electron chi connectivity index (χ1n) is 5.66. The predicted octanol–water partition coefficient (Wildman–Crippen LogP) is 0.744. The summed E-state index contributed by atoms with van der Waals surface area (Å²) in [7, 11) is 0. The zero-order chi connectivity index (χ0) is 14.3. The first kappa shape index (κ1) is 14.7. The van der Waals surface area contributed by atoms with Crippen molar-refractivity contribution in [1.29, 1.82) is 0 Å². The van der Waals surface area contributed by atoms with Crippen LogP contribution in [0.15, 0.2) is 36.9 Å². The van der Waals surface area contributed by atoms with Crippen LogP contribution in [-0.2, 0) is 9.53 Å². The standard InChI is InChI=1S/C13H16N2O4/c1-3-7-19-9(2)12(17)14-15-13(18)10-5-4-6-11(16)8-10/h3-6,8-9,16H,1,7H2,2H3,(H,14,17)(H,15,18). The van der Waals surface area contributed by atoms with Gasteiger partial charge in [-0.2, -0.15) is 0 Å². The molecule has 19 heavy (non-hydrogen) atoms. The average Bonchev–Trinajstić information content (AvgIpc) is 2.41. The van der Waals surface area contributed by atoms with Crippen LogP contribution in [-0.4, -0.2) is 29.6 Å². The van der Waals surface area contributed by atoms with E-state index >= 15 is 0 Å². The molecule has 0 aliphatic rings. The van der Waals surface area contributed by atoms with Gasteiger partial charge in [-0.25, -0.2) is 0 Å². The summed E-state index contributed by atoms with van der Waals surface area (Å²) in [5.74, 6) is -1.03. The van der Waals surface area contributed by atoms with Crippen molar-refractivity contribution >= 4 is 11.8 Å². The highest BCUT2D eigenvalue weighted by Crippen LogP contribution is 2.10. The number of aromatic hydroxyl groups is 1. The molecule has 0 bridgehead atoms. The minimum atomic E-state index is -0.706. The molecule has 1 aromatic rings. The second-order valence-electron chi connectivity index (χ2n) is 3.76. The first-order chi connectivity index (χ1) is 9.04. The van der Waals surface area contributed by atoms with Gasteiger partial charge < -0.3 is 9.84 Å². The summed E-state index contributed by atoms with van der Waals surface area (Å²) in [5, 5.41) is 9.23. The van der Waals surface area contributed by atoms with Gasteiger partial charge in [0, 0.05) is 5.56 Å². The van der Waals surface area contributed by atoms with Crippen molar-refractivity contribution in [3.05, 3.63) is 42.5 Å². The summed E-state index contributed by atoms with van der Waals surface area (Å²) >= 11 is 0. The van der Waals surface area contributed by atoms with Crippen LogP contribution in [0.4, 0.5) is 0 Å². The molecule has 0 saturated heterocycles. The third kappa shape index (κ3) is 4.81. The Morgan fingerprint density at radius 2 is 2.21 bits per heavy atom. The van der Waals surface area contributed by atoms with E-state index in [-0.39, 0.29) is 17.9 Å². The molecule has 0 spiro atoms. The molecular formula is C13H16N2O4. The van der Waals surface area contributed by atoms with Crippen molar-refractivity contribution in [2.45, 2.75) is 13.0 Å². The predicted molar refractivity (Wildman–Crippen MR) is 69.3 cm³/mol. The quantitative estimate of drug-likeness (QED) is 0.541.